The zero-order valence-electron chi connectivity index (χ0n) is 17.2. The number of carbonyl (C=O) groups excluding carboxylic acids is 3. The summed E-state index contributed by atoms with van der Waals surface area (Å²) < 4.78 is 0. The molecule has 1 saturated heterocycles. The Morgan fingerprint density at radius 2 is 1.84 bits per heavy atom. The zero-order chi connectivity index (χ0) is 22.0. The molecule has 0 atom stereocenters. The molecule has 2 aliphatic heterocycles. The summed E-state index contributed by atoms with van der Waals surface area (Å²) in [5.41, 5.74) is 2.57. The minimum absolute atomic E-state index is 0.155. The maximum atomic E-state index is 13.0. The highest BCUT2D eigenvalue weighted by Gasteiger charge is 2.27. The third-order valence-corrected chi connectivity index (χ3v) is 5.63. The van der Waals surface area contributed by atoms with E-state index < -0.39 is 5.91 Å². The quantitative estimate of drug-likeness (QED) is 0.783. The van der Waals surface area contributed by atoms with Gasteiger partial charge in [-0.15, -0.1) is 0 Å². The van der Waals surface area contributed by atoms with Gasteiger partial charge in [-0.2, -0.15) is 5.10 Å². The number of hydrogen-bond donors (Lipinski definition) is 1. The molecule has 1 fully saturated rings. The Bertz CT molecular complexity index is 1080. The summed E-state index contributed by atoms with van der Waals surface area (Å²) >= 11 is 6.12. The smallest absolute Gasteiger partial charge is 0.271 e. The van der Waals surface area contributed by atoms with Gasteiger partial charge < -0.3 is 10.2 Å². The number of hydrazone groups is 1. The Balaban J connectivity index is 1.58. The lowest BCUT2D eigenvalue weighted by Gasteiger charge is -2.24. The summed E-state index contributed by atoms with van der Waals surface area (Å²) in [6.45, 7) is 3.31. The molecule has 0 bridgehead atoms. The van der Waals surface area contributed by atoms with Crippen LogP contribution in [0.1, 0.15) is 41.6 Å². The maximum absolute atomic E-state index is 13.0. The number of halogens is 1. The van der Waals surface area contributed by atoms with Gasteiger partial charge in [0.25, 0.3) is 11.8 Å². The van der Waals surface area contributed by atoms with E-state index in [1.54, 1.807) is 29.2 Å². The number of aryl methyl sites for hydroxylation is 1. The first-order valence-corrected chi connectivity index (χ1v) is 10.7. The summed E-state index contributed by atoms with van der Waals surface area (Å²) in [6, 6.07) is 12.2. The van der Waals surface area contributed by atoms with Crippen LogP contribution in [0, 0.1) is 6.92 Å². The summed E-state index contributed by atoms with van der Waals surface area (Å²) in [7, 11) is 0. The van der Waals surface area contributed by atoms with Crippen molar-refractivity contribution in [3.63, 3.8) is 0 Å². The molecule has 3 amide bonds. The Morgan fingerprint density at radius 1 is 1.06 bits per heavy atom. The van der Waals surface area contributed by atoms with Crippen LogP contribution in [-0.4, -0.2) is 41.4 Å². The SMILES string of the molecule is Cc1cccc(N2N=C(C(=O)Nc3ccc(Cl)cc3C(=O)N3CCCC3)CCC2=O)c1. The Hall–Kier alpha value is -3.19. The van der Waals surface area contributed by atoms with Crippen molar-refractivity contribution < 1.29 is 14.4 Å². The average Bonchev–Trinajstić information content (AvgIpc) is 3.29. The second-order valence-electron chi connectivity index (χ2n) is 7.73. The Morgan fingerprint density at radius 3 is 2.58 bits per heavy atom. The fourth-order valence-corrected chi connectivity index (χ4v) is 3.94. The molecule has 8 heteroatoms. The van der Waals surface area contributed by atoms with Gasteiger partial charge in [0.1, 0.15) is 5.71 Å². The molecule has 31 heavy (non-hydrogen) atoms. The van der Waals surface area contributed by atoms with Crippen molar-refractivity contribution in [3.05, 3.63) is 58.6 Å². The lowest BCUT2D eigenvalue weighted by Crippen LogP contribution is -2.36. The first-order chi connectivity index (χ1) is 14.9. The first-order valence-electron chi connectivity index (χ1n) is 10.3. The molecule has 0 spiro atoms. The zero-order valence-corrected chi connectivity index (χ0v) is 18.0. The third-order valence-electron chi connectivity index (χ3n) is 5.39. The predicted octanol–water partition coefficient (Wildman–Crippen LogP) is 4.01. The number of anilines is 2. The van der Waals surface area contributed by atoms with Crippen LogP contribution in [0.4, 0.5) is 11.4 Å². The molecule has 160 valence electrons. The van der Waals surface area contributed by atoms with Gasteiger partial charge in [0.2, 0.25) is 5.91 Å². The van der Waals surface area contributed by atoms with Gasteiger partial charge in [-0.05, 0) is 55.7 Å². The van der Waals surface area contributed by atoms with E-state index in [0.717, 1.165) is 18.4 Å². The molecule has 0 aromatic heterocycles. The molecule has 4 rings (SSSR count). The molecule has 2 aromatic rings. The van der Waals surface area contributed by atoms with Crippen molar-refractivity contribution in [2.75, 3.05) is 23.4 Å². The molecule has 0 radical (unpaired) electrons. The predicted molar refractivity (Wildman–Crippen MR) is 121 cm³/mol. The fraction of sp³-hybridized carbons (Fsp3) is 0.304. The van der Waals surface area contributed by atoms with Crippen LogP contribution in [-0.2, 0) is 9.59 Å². The molecule has 0 unspecified atom stereocenters. The molecular weight excluding hydrogens is 416 g/mol. The van der Waals surface area contributed by atoms with Crippen molar-refractivity contribution in [2.24, 2.45) is 5.10 Å². The number of benzene rings is 2. The topological polar surface area (TPSA) is 82.1 Å². The molecule has 2 aromatic carbocycles. The lowest BCUT2D eigenvalue weighted by molar-refractivity contribution is -0.118. The Kier molecular flexibility index (Phi) is 6.04. The van der Waals surface area contributed by atoms with Gasteiger partial charge in [-0.3, -0.25) is 14.4 Å². The summed E-state index contributed by atoms with van der Waals surface area (Å²) in [5, 5.41) is 8.79. The molecule has 2 aliphatic rings. The van der Waals surface area contributed by atoms with Crippen molar-refractivity contribution in [1.29, 1.82) is 0 Å². The van der Waals surface area contributed by atoms with Gasteiger partial charge in [0.05, 0.1) is 16.9 Å². The molecule has 0 aliphatic carbocycles. The van der Waals surface area contributed by atoms with Crippen LogP contribution in [0.15, 0.2) is 47.6 Å². The van der Waals surface area contributed by atoms with E-state index in [4.69, 9.17) is 11.6 Å². The maximum Gasteiger partial charge on any atom is 0.271 e. The second kappa shape index (κ2) is 8.89. The first kappa shape index (κ1) is 21.1. The molecule has 7 nitrogen and oxygen atoms in total. The van der Waals surface area contributed by atoms with E-state index in [1.807, 2.05) is 25.1 Å². The van der Waals surface area contributed by atoms with E-state index in [9.17, 15) is 14.4 Å². The van der Waals surface area contributed by atoms with Crippen molar-refractivity contribution >= 4 is 46.4 Å². The van der Waals surface area contributed by atoms with E-state index in [-0.39, 0.29) is 30.4 Å². The van der Waals surface area contributed by atoms with Crippen molar-refractivity contribution in [3.8, 4) is 0 Å². The highest BCUT2D eigenvalue weighted by Crippen LogP contribution is 2.25. The standard InChI is InChI=1S/C23H23ClN4O3/c1-15-5-4-6-17(13-15)28-21(29)10-9-20(26-28)22(30)25-19-8-7-16(24)14-18(19)23(31)27-11-2-3-12-27/h4-8,13-14H,2-3,9-12H2,1H3,(H,25,30). The van der Waals surface area contributed by atoms with E-state index >= 15 is 0 Å². The number of amides is 3. The van der Waals surface area contributed by atoms with Crippen molar-refractivity contribution in [1.82, 2.24) is 4.90 Å². The molecule has 2 heterocycles. The number of hydrogen-bond acceptors (Lipinski definition) is 4. The normalized spacial score (nSPS) is 16.3. The number of rotatable bonds is 4. The van der Waals surface area contributed by atoms with Crippen LogP contribution in [0.5, 0.6) is 0 Å². The second-order valence-corrected chi connectivity index (χ2v) is 8.17. The highest BCUT2D eigenvalue weighted by molar-refractivity contribution is 6.44. The van der Waals surface area contributed by atoms with E-state index in [0.29, 0.717) is 35.1 Å². The van der Waals surface area contributed by atoms with Crippen LogP contribution in [0.25, 0.3) is 0 Å². The molecule has 0 saturated carbocycles. The average molecular weight is 439 g/mol. The van der Waals surface area contributed by atoms with Crippen LogP contribution in [0.3, 0.4) is 0 Å². The minimum Gasteiger partial charge on any atom is -0.339 e. The van der Waals surface area contributed by atoms with Crippen LogP contribution in [0.2, 0.25) is 5.02 Å². The van der Waals surface area contributed by atoms with Crippen LogP contribution >= 0.6 is 11.6 Å². The number of carbonyl (C=O) groups is 3. The lowest BCUT2D eigenvalue weighted by atomic mass is 10.1. The van der Waals surface area contributed by atoms with Gasteiger partial charge in [0.15, 0.2) is 0 Å². The van der Waals surface area contributed by atoms with Gasteiger partial charge in [-0.1, -0.05) is 23.7 Å². The summed E-state index contributed by atoms with van der Waals surface area (Å²) in [5.74, 6) is -0.765. The Labute approximate surface area is 185 Å². The van der Waals surface area contributed by atoms with Gasteiger partial charge in [0, 0.05) is 31.0 Å². The number of likely N-dealkylation sites (tertiary alicyclic amines) is 1. The molecule has 1 N–H and O–H groups in total. The van der Waals surface area contributed by atoms with Gasteiger partial charge >= 0.3 is 0 Å². The summed E-state index contributed by atoms with van der Waals surface area (Å²) in [4.78, 5) is 40.0. The van der Waals surface area contributed by atoms with Gasteiger partial charge in [-0.25, -0.2) is 5.01 Å². The van der Waals surface area contributed by atoms with E-state index in [2.05, 4.69) is 10.4 Å². The fourth-order valence-electron chi connectivity index (χ4n) is 3.77. The molecular formula is C23H23ClN4O3. The largest absolute Gasteiger partial charge is 0.339 e. The third kappa shape index (κ3) is 4.61. The number of nitrogens with zero attached hydrogens (tertiary/aromatic N) is 3. The number of nitrogens with one attached hydrogen (secondary N) is 1. The minimum atomic E-state index is -0.442. The highest BCUT2D eigenvalue weighted by atomic mass is 35.5. The van der Waals surface area contributed by atoms with Crippen molar-refractivity contribution in [2.45, 2.75) is 32.6 Å². The van der Waals surface area contributed by atoms with E-state index in [1.165, 1.54) is 5.01 Å². The van der Waals surface area contributed by atoms with Crippen LogP contribution < -0.4 is 10.3 Å². The monoisotopic (exact) mass is 438 g/mol. The summed E-state index contributed by atoms with van der Waals surface area (Å²) in [6.07, 6.45) is 2.34.